The number of amides is 1. The van der Waals surface area contributed by atoms with Gasteiger partial charge in [-0.25, -0.2) is 0 Å². The molecule has 0 saturated carbocycles. The Morgan fingerprint density at radius 3 is 2.50 bits per heavy atom. The summed E-state index contributed by atoms with van der Waals surface area (Å²) in [5, 5.41) is 9.27. The normalized spacial score (nSPS) is 24.0. The van der Waals surface area contributed by atoms with Crippen LogP contribution in [0.1, 0.15) is 20.9 Å². The van der Waals surface area contributed by atoms with E-state index in [1.807, 2.05) is 18.7 Å². The van der Waals surface area contributed by atoms with Gasteiger partial charge in [-0.2, -0.15) is 5.10 Å². The molecule has 2 N–H and O–H groups in total. The molecule has 2 fully saturated rings. The predicted octanol–water partition coefficient (Wildman–Crippen LogP) is 2.17. The molecule has 128 valence electrons. The lowest BCUT2D eigenvalue weighted by atomic mass is 10.0. The van der Waals surface area contributed by atoms with E-state index in [0.29, 0.717) is 22.4 Å². The topological polar surface area (TPSA) is 75.3 Å². The van der Waals surface area contributed by atoms with Crippen LogP contribution in [0.3, 0.4) is 0 Å². The lowest BCUT2D eigenvalue weighted by Gasteiger charge is -2.19. The molecule has 2 atom stereocenters. The molecule has 8 heteroatoms. The van der Waals surface area contributed by atoms with Crippen LogP contribution >= 0.6 is 23.3 Å². The SMILES string of the molecule is CSN1CC2CN(C(=O)c3sc4nnc(C)c(C)c4c3N)CC2C1. The third-order valence-corrected chi connectivity index (χ3v) is 7.22. The monoisotopic (exact) mass is 363 g/mol. The van der Waals surface area contributed by atoms with Crippen molar-refractivity contribution in [2.75, 3.05) is 38.2 Å². The molecule has 2 unspecified atom stereocenters. The number of nitrogens with two attached hydrogens (primary N) is 1. The standard InChI is InChI=1S/C16H21N5OS2/c1-8-9(2)18-19-15-12(8)13(17)14(24-15)16(22)20-4-10-6-21(23-3)7-11(10)5-20/h10-11H,4-7,17H2,1-3H3. The lowest BCUT2D eigenvalue weighted by Crippen LogP contribution is -2.31. The molecule has 2 aliphatic heterocycles. The van der Waals surface area contributed by atoms with Crippen molar-refractivity contribution in [2.24, 2.45) is 11.8 Å². The van der Waals surface area contributed by atoms with Crippen LogP contribution in [0.4, 0.5) is 5.69 Å². The molecule has 6 nitrogen and oxygen atoms in total. The minimum absolute atomic E-state index is 0.0534. The molecule has 2 aromatic heterocycles. The second-order valence-corrected chi connectivity index (χ2v) is 8.58. The molecule has 0 aliphatic carbocycles. The smallest absolute Gasteiger partial charge is 0.266 e. The number of hydrogen-bond acceptors (Lipinski definition) is 7. The Hall–Kier alpha value is -1.38. The maximum atomic E-state index is 13.0. The Labute approximate surface area is 149 Å². The summed E-state index contributed by atoms with van der Waals surface area (Å²) in [5.74, 6) is 1.22. The fourth-order valence-corrected chi connectivity index (χ4v) is 5.56. The average molecular weight is 364 g/mol. The first kappa shape index (κ1) is 16.1. The van der Waals surface area contributed by atoms with E-state index >= 15 is 0 Å². The van der Waals surface area contributed by atoms with E-state index in [-0.39, 0.29) is 5.91 Å². The van der Waals surface area contributed by atoms with Crippen LogP contribution in [0, 0.1) is 25.7 Å². The van der Waals surface area contributed by atoms with Gasteiger partial charge in [-0.15, -0.1) is 16.4 Å². The summed E-state index contributed by atoms with van der Waals surface area (Å²) in [6.45, 7) is 7.71. The molecule has 4 rings (SSSR count). The van der Waals surface area contributed by atoms with Crippen LogP contribution in [-0.2, 0) is 0 Å². The fourth-order valence-electron chi connectivity index (χ4n) is 3.81. The van der Waals surface area contributed by atoms with Crippen LogP contribution in [0.2, 0.25) is 0 Å². The van der Waals surface area contributed by atoms with E-state index in [2.05, 4.69) is 20.8 Å². The molecular weight excluding hydrogens is 342 g/mol. The minimum atomic E-state index is 0.0534. The van der Waals surface area contributed by atoms with E-state index in [4.69, 9.17) is 5.73 Å². The van der Waals surface area contributed by atoms with Crippen LogP contribution < -0.4 is 5.73 Å². The first-order chi connectivity index (χ1) is 11.5. The van der Waals surface area contributed by atoms with Gasteiger partial charge >= 0.3 is 0 Å². The quantitative estimate of drug-likeness (QED) is 0.824. The number of likely N-dealkylation sites (tertiary alicyclic amines) is 1. The van der Waals surface area contributed by atoms with Gasteiger partial charge in [0.25, 0.3) is 5.91 Å². The largest absolute Gasteiger partial charge is 0.397 e. The predicted molar refractivity (Wildman–Crippen MR) is 99.3 cm³/mol. The molecule has 24 heavy (non-hydrogen) atoms. The fraction of sp³-hybridized carbons (Fsp3) is 0.562. The number of nitrogen functional groups attached to an aromatic ring is 1. The van der Waals surface area contributed by atoms with Crippen LogP contribution in [0.15, 0.2) is 0 Å². The second kappa shape index (κ2) is 5.86. The number of carbonyl (C=O) groups excluding carboxylic acids is 1. The van der Waals surface area contributed by atoms with E-state index < -0.39 is 0 Å². The van der Waals surface area contributed by atoms with E-state index in [9.17, 15) is 4.79 Å². The Bertz CT molecular complexity index is 806. The highest BCUT2D eigenvalue weighted by Gasteiger charge is 2.42. The zero-order chi connectivity index (χ0) is 17.0. The van der Waals surface area contributed by atoms with Crippen LogP contribution in [0.25, 0.3) is 10.2 Å². The molecule has 2 aromatic rings. The summed E-state index contributed by atoms with van der Waals surface area (Å²) in [6, 6.07) is 0. The number of nitrogens with zero attached hydrogens (tertiary/aromatic N) is 4. The van der Waals surface area contributed by atoms with Crippen molar-refractivity contribution in [1.82, 2.24) is 19.4 Å². The minimum Gasteiger partial charge on any atom is -0.397 e. The summed E-state index contributed by atoms with van der Waals surface area (Å²) in [7, 11) is 0. The van der Waals surface area contributed by atoms with Gasteiger partial charge in [0.05, 0.1) is 11.4 Å². The number of hydrogen-bond donors (Lipinski definition) is 1. The zero-order valence-electron chi connectivity index (χ0n) is 14.1. The van der Waals surface area contributed by atoms with Gasteiger partial charge in [-0.3, -0.25) is 9.10 Å². The number of aromatic nitrogens is 2. The second-order valence-electron chi connectivity index (χ2n) is 6.70. The summed E-state index contributed by atoms with van der Waals surface area (Å²) in [6.07, 6.45) is 2.12. The number of thiophene rings is 1. The highest BCUT2D eigenvalue weighted by molar-refractivity contribution is 7.96. The molecule has 1 amide bonds. The van der Waals surface area contributed by atoms with Gasteiger partial charge < -0.3 is 10.6 Å². The summed E-state index contributed by atoms with van der Waals surface area (Å²) >= 11 is 3.17. The third-order valence-electron chi connectivity index (χ3n) is 5.33. The van der Waals surface area contributed by atoms with Crippen molar-refractivity contribution in [1.29, 1.82) is 0 Å². The molecule has 4 heterocycles. The maximum Gasteiger partial charge on any atom is 0.266 e. The van der Waals surface area contributed by atoms with Crippen LogP contribution in [-0.4, -0.2) is 57.7 Å². The highest BCUT2D eigenvalue weighted by atomic mass is 32.2. The third kappa shape index (κ3) is 2.39. The molecule has 0 radical (unpaired) electrons. The number of anilines is 1. The Balaban J connectivity index is 1.61. The van der Waals surface area contributed by atoms with Crippen molar-refractivity contribution < 1.29 is 4.79 Å². The Morgan fingerprint density at radius 1 is 1.21 bits per heavy atom. The van der Waals surface area contributed by atoms with E-state index in [1.54, 1.807) is 11.9 Å². The van der Waals surface area contributed by atoms with E-state index in [0.717, 1.165) is 47.7 Å². The van der Waals surface area contributed by atoms with Crippen molar-refractivity contribution in [3.8, 4) is 0 Å². The Kier molecular flexibility index (Phi) is 3.93. The number of fused-ring (bicyclic) bond motifs is 2. The molecule has 0 aromatic carbocycles. The average Bonchev–Trinajstić information content (AvgIpc) is 3.21. The molecule has 0 spiro atoms. The van der Waals surface area contributed by atoms with Gasteiger partial charge in [0, 0.05) is 31.6 Å². The maximum absolute atomic E-state index is 13.0. The Morgan fingerprint density at radius 2 is 1.88 bits per heavy atom. The van der Waals surface area contributed by atoms with Crippen molar-refractivity contribution in [3.05, 3.63) is 16.1 Å². The van der Waals surface area contributed by atoms with Gasteiger partial charge in [-0.05, 0) is 37.5 Å². The van der Waals surface area contributed by atoms with Gasteiger partial charge in [-0.1, -0.05) is 11.9 Å². The number of carbonyl (C=O) groups is 1. The van der Waals surface area contributed by atoms with E-state index in [1.165, 1.54) is 11.3 Å². The zero-order valence-corrected chi connectivity index (χ0v) is 15.7. The first-order valence-electron chi connectivity index (χ1n) is 8.09. The lowest BCUT2D eigenvalue weighted by molar-refractivity contribution is 0.0785. The summed E-state index contributed by atoms with van der Waals surface area (Å²) < 4.78 is 2.40. The number of aryl methyl sites for hydroxylation is 2. The van der Waals surface area contributed by atoms with Crippen molar-refractivity contribution in [2.45, 2.75) is 13.8 Å². The van der Waals surface area contributed by atoms with Crippen molar-refractivity contribution >= 4 is 45.1 Å². The molecular formula is C16H21N5OS2. The summed E-state index contributed by atoms with van der Waals surface area (Å²) in [5.41, 5.74) is 8.76. The van der Waals surface area contributed by atoms with Crippen LogP contribution in [0.5, 0.6) is 0 Å². The van der Waals surface area contributed by atoms with Crippen molar-refractivity contribution in [3.63, 3.8) is 0 Å². The van der Waals surface area contributed by atoms with Gasteiger partial charge in [0.15, 0.2) is 0 Å². The van der Waals surface area contributed by atoms with Gasteiger partial charge in [0.1, 0.15) is 9.71 Å². The molecule has 0 bridgehead atoms. The number of rotatable bonds is 2. The highest BCUT2D eigenvalue weighted by Crippen LogP contribution is 2.38. The summed E-state index contributed by atoms with van der Waals surface area (Å²) in [4.78, 5) is 16.4. The molecule has 2 saturated heterocycles. The molecule has 2 aliphatic rings. The first-order valence-corrected chi connectivity index (χ1v) is 10.1. The van der Waals surface area contributed by atoms with Gasteiger partial charge in [0.2, 0.25) is 0 Å².